The van der Waals surface area contributed by atoms with Crippen molar-refractivity contribution < 1.29 is 17.9 Å². The Hall–Kier alpha value is -2.38. The lowest BCUT2D eigenvalue weighted by Crippen LogP contribution is -2.36. The van der Waals surface area contributed by atoms with Gasteiger partial charge in [-0.2, -0.15) is 0 Å². The van der Waals surface area contributed by atoms with Crippen LogP contribution in [-0.2, 0) is 32.4 Å². The molecule has 0 saturated carbocycles. The summed E-state index contributed by atoms with van der Waals surface area (Å²) in [6, 6.07) is 14.9. The number of benzene rings is 2. The number of carbonyl (C=O) groups excluding carboxylic acids is 1. The van der Waals surface area contributed by atoms with Gasteiger partial charge in [-0.1, -0.05) is 30.3 Å². The molecule has 144 valence electrons. The van der Waals surface area contributed by atoms with Gasteiger partial charge in [-0.05, 0) is 42.2 Å². The van der Waals surface area contributed by atoms with E-state index >= 15 is 0 Å². The summed E-state index contributed by atoms with van der Waals surface area (Å²) in [6.07, 6.45) is 2.24. The van der Waals surface area contributed by atoms with Crippen LogP contribution in [0.25, 0.3) is 0 Å². The Balaban J connectivity index is 1.64. The van der Waals surface area contributed by atoms with E-state index in [1.807, 2.05) is 23.1 Å². The van der Waals surface area contributed by atoms with Crippen LogP contribution >= 0.6 is 0 Å². The van der Waals surface area contributed by atoms with E-state index in [1.165, 1.54) is 12.7 Å². The average molecular weight is 388 g/mol. The molecule has 0 atom stereocenters. The van der Waals surface area contributed by atoms with Crippen molar-refractivity contribution in [1.29, 1.82) is 0 Å². The fraction of sp³-hybridized carbons (Fsp3) is 0.350. The smallest absolute Gasteiger partial charge is 0.234 e. The van der Waals surface area contributed by atoms with Gasteiger partial charge >= 0.3 is 0 Å². The predicted octanol–water partition coefficient (Wildman–Crippen LogP) is 2.60. The highest BCUT2D eigenvalue weighted by atomic mass is 32.2. The van der Waals surface area contributed by atoms with Gasteiger partial charge < -0.3 is 9.64 Å². The molecule has 1 heterocycles. The van der Waals surface area contributed by atoms with Gasteiger partial charge in [0.2, 0.25) is 15.9 Å². The number of rotatable bonds is 7. The fourth-order valence-corrected chi connectivity index (χ4v) is 4.16. The monoisotopic (exact) mass is 388 g/mol. The van der Waals surface area contributed by atoms with Gasteiger partial charge in [0.15, 0.2) is 0 Å². The molecule has 1 N–H and O–H groups in total. The number of hydrogen-bond acceptors (Lipinski definition) is 4. The highest BCUT2D eigenvalue weighted by molar-refractivity contribution is 7.92. The molecule has 7 heteroatoms. The summed E-state index contributed by atoms with van der Waals surface area (Å²) in [5, 5.41) is 0. The van der Waals surface area contributed by atoms with Crippen LogP contribution in [0.2, 0.25) is 0 Å². The average Bonchev–Trinajstić information content (AvgIpc) is 2.67. The standard InChI is InChI=1S/C20H24N2O4S/c1-26-13-14-27(24,25)21-18-10-8-16(9-11-18)15-20(23)22-12-4-6-17-5-2-3-7-19(17)22/h2-3,5,7-11,21H,4,6,12-15H2,1H3. The first-order valence-electron chi connectivity index (χ1n) is 8.95. The van der Waals surface area contributed by atoms with E-state index < -0.39 is 10.0 Å². The number of aryl methyl sites for hydroxylation is 1. The van der Waals surface area contributed by atoms with E-state index in [0.29, 0.717) is 5.69 Å². The molecule has 3 rings (SSSR count). The first-order chi connectivity index (χ1) is 13.0. The van der Waals surface area contributed by atoms with Crippen molar-refractivity contribution >= 4 is 27.3 Å². The maximum absolute atomic E-state index is 12.8. The van der Waals surface area contributed by atoms with E-state index in [-0.39, 0.29) is 24.7 Å². The molecule has 0 bridgehead atoms. The number of nitrogens with one attached hydrogen (secondary N) is 1. The normalized spacial score (nSPS) is 13.9. The highest BCUT2D eigenvalue weighted by Gasteiger charge is 2.22. The molecule has 1 aliphatic rings. The first kappa shape index (κ1) is 19.4. The Bertz CT molecular complexity index is 894. The van der Waals surface area contributed by atoms with Gasteiger partial charge in [-0.15, -0.1) is 0 Å². The highest BCUT2D eigenvalue weighted by Crippen LogP contribution is 2.27. The number of anilines is 2. The van der Waals surface area contributed by atoms with Crippen LogP contribution in [0.1, 0.15) is 17.5 Å². The van der Waals surface area contributed by atoms with Gasteiger partial charge in [-0.25, -0.2) is 8.42 Å². The van der Waals surface area contributed by atoms with E-state index in [0.717, 1.165) is 30.6 Å². The van der Waals surface area contributed by atoms with Gasteiger partial charge in [-0.3, -0.25) is 9.52 Å². The van der Waals surface area contributed by atoms with Crippen molar-refractivity contribution in [2.24, 2.45) is 0 Å². The summed E-state index contributed by atoms with van der Waals surface area (Å²) in [5.41, 5.74) is 3.53. The first-order valence-corrected chi connectivity index (χ1v) is 10.6. The van der Waals surface area contributed by atoms with Crippen molar-refractivity contribution in [3.05, 3.63) is 59.7 Å². The largest absolute Gasteiger partial charge is 0.384 e. The molecule has 27 heavy (non-hydrogen) atoms. The van der Waals surface area contributed by atoms with E-state index in [9.17, 15) is 13.2 Å². The second-order valence-electron chi connectivity index (χ2n) is 6.57. The summed E-state index contributed by atoms with van der Waals surface area (Å²) < 4.78 is 31.1. The van der Waals surface area contributed by atoms with Gasteiger partial charge in [0, 0.05) is 25.0 Å². The number of hydrogen-bond donors (Lipinski definition) is 1. The molecule has 0 fully saturated rings. The zero-order chi connectivity index (χ0) is 19.3. The Morgan fingerprint density at radius 3 is 2.63 bits per heavy atom. The van der Waals surface area contributed by atoms with E-state index in [2.05, 4.69) is 10.8 Å². The minimum Gasteiger partial charge on any atom is -0.384 e. The zero-order valence-electron chi connectivity index (χ0n) is 15.3. The number of amides is 1. The summed E-state index contributed by atoms with van der Waals surface area (Å²) in [7, 11) is -1.97. The van der Waals surface area contributed by atoms with Gasteiger partial charge in [0.05, 0.1) is 18.8 Å². The fourth-order valence-electron chi connectivity index (χ4n) is 3.18. The summed E-state index contributed by atoms with van der Waals surface area (Å²) in [4.78, 5) is 14.6. The number of nitrogens with zero attached hydrogens (tertiary/aromatic N) is 1. The lowest BCUT2D eigenvalue weighted by Gasteiger charge is -2.29. The van der Waals surface area contributed by atoms with Gasteiger partial charge in [0.1, 0.15) is 0 Å². The quantitative estimate of drug-likeness (QED) is 0.791. The maximum Gasteiger partial charge on any atom is 0.234 e. The number of para-hydroxylation sites is 1. The third-order valence-corrected chi connectivity index (χ3v) is 5.80. The van der Waals surface area contributed by atoms with Crippen LogP contribution in [0.15, 0.2) is 48.5 Å². The molecule has 1 aliphatic heterocycles. The van der Waals surface area contributed by atoms with Crippen molar-refractivity contribution in [2.75, 3.05) is 35.6 Å². The van der Waals surface area contributed by atoms with Gasteiger partial charge in [0.25, 0.3) is 0 Å². The van der Waals surface area contributed by atoms with Crippen LogP contribution in [0.3, 0.4) is 0 Å². The van der Waals surface area contributed by atoms with E-state index in [1.54, 1.807) is 24.3 Å². The molecular formula is C20H24N2O4S. The molecule has 2 aromatic rings. The molecule has 0 saturated heterocycles. The van der Waals surface area contributed by atoms with Crippen molar-refractivity contribution in [3.8, 4) is 0 Å². The Morgan fingerprint density at radius 2 is 1.89 bits per heavy atom. The minimum absolute atomic E-state index is 0.0515. The minimum atomic E-state index is -3.43. The summed E-state index contributed by atoms with van der Waals surface area (Å²) in [6.45, 7) is 0.868. The summed E-state index contributed by atoms with van der Waals surface area (Å²) in [5.74, 6) is -0.0476. The zero-order valence-corrected chi connectivity index (χ0v) is 16.2. The second-order valence-corrected chi connectivity index (χ2v) is 8.41. The maximum atomic E-state index is 12.8. The molecule has 6 nitrogen and oxygen atoms in total. The van der Waals surface area contributed by atoms with Crippen molar-refractivity contribution in [2.45, 2.75) is 19.3 Å². The predicted molar refractivity (Wildman–Crippen MR) is 107 cm³/mol. The van der Waals surface area contributed by atoms with E-state index in [4.69, 9.17) is 4.74 Å². The molecule has 0 aromatic heterocycles. The second kappa shape index (κ2) is 8.54. The van der Waals surface area contributed by atoms with Crippen LogP contribution in [-0.4, -0.2) is 40.3 Å². The molecule has 0 spiro atoms. The Kier molecular flexibility index (Phi) is 6.13. The van der Waals surface area contributed by atoms with Crippen molar-refractivity contribution in [1.82, 2.24) is 0 Å². The summed E-state index contributed by atoms with van der Waals surface area (Å²) >= 11 is 0. The number of fused-ring (bicyclic) bond motifs is 1. The number of methoxy groups -OCH3 is 1. The van der Waals surface area contributed by atoms with Crippen LogP contribution in [0.5, 0.6) is 0 Å². The topological polar surface area (TPSA) is 75.7 Å². The number of sulfonamides is 1. The Morgan fingerprint density at radius 1 is 1.15 bits per heavy atom. The molecule has 2 aromatic carbocycles. The lowest BCUT2D eigenvalue weighted by atomic mass is 10.0. The molecule has 1 amide bonds. The van der Waals surface area contributed by atoms with Crippen LogP contribution in [0, 0.1) is 0 Å². The van der Waals surface area contributed by atoms with Crippen molar-refractivity contribution in [3.63, 3.8) is 0 Å². The third kappa shape index (κ3) is 5.08. The molecule has 0 aliphatic carbocycles. The number of carbonyl (C=O) groups is 1. The number of ether oxygens (including phenoxy) is 1. The molecule has 0 unspecified atom stereocenters. The molecular weight excluding hydrogens is 364 g/mol. The van der Waals surface area contributed by atoms with Crippen LogP contribution in [0.4, 0.5) is 11.4 Å². The lowest BCUT2D eigenvalue weighted by molar-refractivity contribution is -0.118. The SMILES string of the molecule is COCCS(=O)(=O)Nc1ccc(CC(=O)N2CCCc3ccccc32)cc1. The Labute approximate surface area is 160 Å². The van der Waals surface area contributed by atoms with Crippen LogP contribution < -0.4 is 9.62 Å². The third-order valence-electron chi connectivity index (χ3n) is 4.55. The molecule has 0 radical (unpaired) electrons.